The van der Waals surface area contributed by atoms with Crippen molar-refractivity contribution in [2.24, 2.45) is 5.92 Å². The van der Waals surface area contributed by atoms with E-state index in [4.69, 9.17) is 4.74 Å². The normalized spacial score (nSPS) is 20.1. The van der Waals surface area contributed by atoms with Crippen LogP contribution in [0.2, 0.25) is 0 Å². The molecule has 0 aromatic heterocycles. The Kier molecular flexibility index (Phi) is 8.50. The molecule has 208 valence electrons. The first-order valence-electron chi connectivity index (χ1n) is 12.0. The maximum atomic E-state index is 13.4. The number of carboxylic acids is 1. The number of likely N-dealkylation sites (tertiary alicyclic amines) is 1. The number of hydrogen-bond donors (Lipinski definition) is 1. The van der Waals surface area contributed by atoms with Gasteiger partial charge in [-0.3, -0.25) is 9.69 Å². The molecule has 5 nitrogen and oxygen atoms in total. The van der Waals surface area contributed by atoms with Crippen molar-refractivity contribution in [1.82, 2.24) is 4.90 Å². The molecule has 3 atom stereocenters. The first kappa shape index (κ1) is 29.5. The van der Waals surface area contributed by atoms with Gasteiger partial charge in [0.2, 0.25) is 0 Å². The summed E-state index contributed by atoms with van der Waals surface area (Å²) in [5, 5.41) is 9.30. The van der Waals surface area contributed by atoms with Crippen LogP contribution in [0.15, 0.2) is 48.5 Å². The Labute approximate surface area is 216 Å². The lowest BCUT2D eigenvalue weighted by molar-refractivity contribution is -0.164. The van der Waals surface area contributed by atoms with Gasteiger partial charge in [0.05, 0.1) is 11.1 Å². The first-order valence-corrected chi connectivity index (χ1v) is 12.0. The van der Waals surface area contributed by atoms with E-state index >= 15 is 0 Å². The number of nitrogens with zero attached hydrogens (tertiary/aromatic N) is 1. The van der Waals surface area contributed by atoms with E-state index in [0.717, 1.165) is 24.3 Å². The number of carbonyl (C=O) groups excluding carboxylic acids is 1. The minimum atomic E-state index is -4.59. The number of halogens is 6. The Morgan fingerprint density at radius 1 is 0.921 bits per heavy atom. The molecule has 0 amide bonds. The number of rotatable bonds is 6. The Balaban J connectivity index is 2.07. The number of hydrogen-bond acceptors (Lipinski definition) is 4. The molecule has 0 saturated carbocycles. The molecule has 2 aromatic carbocycles. The number of carboxylic acid groups (broad SMARTS) is 1. The van der Waals surface area contributed by atoms with E-state index < -0.39 is 53.1 Å². The van der Waals surface area contributed by atoms with E-state index in [1.165, 1.54) is 24.3 Å². The smallest absolute Gasteiger partial charge is 0.416 e. The van der Waals surface area contributed by atoms with Crippen molar-refractivity contribution < 1.29 is 45.8 Å². The molecule has 0 spiro atoms. The number of aliphatic carboxylic acids is 1. The standard InChI is InChI=1S/C27H29F6NO4/c1-25(2,3)38-24(37)23(18-6-10-20(11-7-18)27(31,32)33)34-13-12-16(15-22(35)36)14-21(34)17-4-8-19(9-5-17)26(28,29)30/h4-11,16,21,23H,12-15H2,1-3H3,(H,35,36)/t16-,21+,23+/m1/s1. The first-order chi connectivity index (χ1) is 17.5. The van der Waals surface area contributed by atoms with Gasteiger partial charge < -0.3 is 9.84 Å². The lowest BCUT2D eigenvalue weighted by Gasteiger charge is -2.43. The van der Waals surface area contributed by atoms with Gasteiger partial charge in [0.15, 0.2) is 0 Å². The summed E-state index contributed by atoms with van der Waals surface area (Å²) in [5.74, 6) is -2.07. The highest BCUT2D eigenvalue weighted by atomic mass is 19.4. The van der Waals surface area contributed by atoms with Crippen molar-refractivity contribution in [2.75, 3.05) is 6.54 Å². The van der Waals surface area contributed by atoms with E-state index in [2.05, 4.69) is 0 Å². The molecule has 1 heterocycles. The Bertz CT molecular complexity index is 1120. The highest BCUT2D eigenvalue weighted by Crippen LogP contribution is 2.43. The minimum absolute atomic E-state index is 0.164. The quantitative estimate of drug-likeness (QED) is 0.312. The third-order valence-corrected chi connectivity index (χ3v) is 6.35. The molecule has 1 aliphatic rings. The van der Waals surface area contributed by atoms with E-state index in [1.807, 2.05) is 0 Å². The van der Waals surface area contributed by atoms with Crippen LogP contribution in [-0.2, 0) is 26.7 Å². The number of carbonyl (C=O) groups is 2. The van der Waals surface area contributed by atoms with Gasteiger partial charge in [0.25, 0.3) is 0 Å². The molecule has 3 rings (SSSR count). The van der Waals surface area contributed by atoms with Crippen LogP contribution < -0.4 is 0 Å². The van der Waals surface area contributed by atoms with Crippen molar-refractivity contribution >= 4 is 11.9 Å². The fourth-order valence-electron chi connectivity index (χ4n) is 4.69. The van der Waals surface area contributed by atoms with Crippen LogP contribution in [0.4, 0.5) is 26.3 Å². The molecule has 38 heavy (non-hydrogen) atoms. The number of benzene rings is 2. The third kappa shape index (κ3) is 7.49. The zero-order valence-corrected chi connectivity index (χ0v) is 21.1. The summed E-state index contributed by atoms with van der Waals surface area (Å²) in [6.45, 7) is 5.10. The summed E-state index contributed by atoms with van der Waals surface area (Å²) in [6.07, 6.45) is -8.73. The Morgan fingerprint density at radius 2 is 1.42 bits per heavy atom. The van der Waals surface area contributed by atoms with Crippen molar-refractivity contribution in [3.05, 3.63) is 70.8 Å². The van der Waals surface area contributed by atoms with E-state index in [1.54, 1.807) is 25.7 Å². The fraction of sp³-hybridized carbons (Fsp3) is 0.481. The summed E-state index contributed by atoms with van der Waals surface area (Å²) in [7, 11) is 0. The molecule has 0 aliphatic carbocycles. The lowest BCUT2D eigenvalue weighted by atomic mass is 9.83. The van der Waals surface area contributed by atoms with Crippen molar-refractivity contribution in [3.63, 3.8) is 0 Å². The maximum absolute atomic E-state index is 13.4. The number of esters is 1. The predicted molar refractivity (Wildman–Crippen MR) is 126 cm³/mol. The molecule has 0 unspecified atom stereocenters. The van der Waals surface area contributed by atoms with Crippen molar-refractivity contribution in [3.8, 4) is 0 Å². The third-order valence-electron chi connectivity index (χ3n) is 6.35. The van der Waals surface area contributed by atoms with E-state index in [9.17, 15) is 41.0 Å². The van der Waals surface area contributed by atoms with Crippen LogP contribution in [0, 0.1) is 5.92 Å². The van der Waals surface area contributed by atoms with Crippen molar-refractivity contribution in [2.45, 2.75) is 70.1 Å². The molecule has 1 N–H and O–H groups in total. The number of piperidine rings is 1. The number of ether oxygens (including phenoxy) is 1. The molecular weight excluding hydrogens is 516 g/mol. The van der Waals surface area contributed by atoms with Gasteiger partial charge in [-0.05, 0) is 74.9 Å². The largest absolute Gasteiger partial charge is 0.481 e. The summed E-state index contributed by atoms with van der Waals surface area (Å²) in [4.78, 5) is 26.5. The van der Waals surface area contributed by atoms with Gasteiger partial charge in [-0.15, -0.1) is 0 Å². The van der Waals surface area contributed by atoms with Gasteiger partial charge in [-0.1, -0.05) is 24.3 Å². The molecule has 0 radical (unpaired) electrons. The van der Waals surface area contributed by atoms with Crippen LogP contribution in [-0.4, -0.2) is 34.1 Å². The minimum Gasteiger partial charge on any atom is -0.481 e. The molecule has 1 aliphatic heterocycles. The molecule has 2 aromatic rings. The van der Waals surface area contributed by atoms with Gasteiger partial charge >= 0.3 is 24.3 Å². The second-order valence-electron chi connectivity index (χ2n) is 10.4. The highest BCUT2D eigenvalue weighted by molar-refractivity contribution is 5.78. The SMILES string of the molecule is CC(C)(C)OC(=O)[C@H](c1ccc(C(F)(F)F)cc1)N1CC[C@@H](CC(=O)O)C[C@H]1c1ccc(C(F)(F)F)cc1. The second-order valence-corrected chi connectivity index (χ2v) is 10.4. The van der Waals surface area contributed by atoms with Crippen LogP contribution >= 0.6 is 0 Å². The monoisotopic (exact) mass is 545 g/mol. The lowest BCUT2D eigenvalue weighted by Crippen LogP contribution is -2.44. The van der Waals surface area contributed by atoms with Gasteiger partial charge in [-0.25, -0.2) is 4.79 Å². The summed E-state index contributed by atoms with van der Waals surface area (Å²) >= 11 is 0. The summed E-state index contributed by atoms with van der Waals surface area (Å²) in [6, 6.07) is 6.61. The van der Waals surface area contributed by atoms with Crippen LogP contribution in [0.5, 0.6) is 0 Å². The van der Waals surface area contributed by atoms with Gasteiger partial charge in [0.1, 0.15) is 11.6 Å². The van der Waals surface area contributed by atoms with Crippen LogP contribution in [0.25, 0.3) is 0 Å². The number of alkyl halides is 6. The molecular formula is C27H29F6NO4. The average molecular weight is 546 g/mol. The second kappa shape index (κ2) is 11.0. The zero-order valence-electron chi connectivity index (χ0n) is 21.1. The van der Waals surface area contributed by atoms with Crippen molar-refractivity contribution in [1.29, 1.82) is 0 Å². The Hall–Kier alpha value is -3.08. The predicted octanol–water partition coefficient (Wildman–Crippen LogP) is 7.04. The van der Waals surface area contributed by atoms with Crippen LogP contribution in [0.3, 0.4) is 0 Å². The van der Waals surface area contributed by atoms with Gasteiger partial charge in [-0.2, -0.15) is 26.3 Å². The summed E-state index contributed by atoms with van der Waals surface area (Å²) < 4.78 is 84.6. The van der Waals surface area contributed by atoms with Crippen LogP contribution in [0.1, 0.15) is 74.4 Å². The highest BCUT2D eigenvalue weighted by Gasteiger charge is 2.41. The fourth-order valence-corrected chi connectivity index (χ4v) is 4.69. The summed E-state index contributed by atoms with van der Waals surface area (Å²) in [5.41, 5.74) is -2.04. The van der Waals surface area contributed by atoms with E-state index in [0.29, 0.717) is 12.0 Å². The topological polar surface area (TPSA) is 66.8 Å². The Morgan fingerprint density at radius 3 is 1.87 bits per heavy atom. The van der Waals surface area contributed by atoms with E-state index in [-0.39, 0.29) is 30.9 Å². The molecule has 0 bridgehead atoms. The van der Waals surface area contributed by atoms with Gasteiger partial charge in [0, 0.05) is 19.0 Å². The molecule has 1 saturated heterocycles. The maximum Gasteiger partial charge on any atom is 0.416 e. The zero-order chi connectivity index (χ0) is 28.5. The molecule has 1 fully saturated rings. The average Bonchev–Trinajstić information content (AvgIpc) is 2.78. The molecule has 11 heteroatoms.